The van der Waals surface area contributed by atoms with E-state index in [2.05, 4.69) is 15.3 Å². The van der Waals surface area contributed by atoms with Crippen molar-refractivity contribution >= 4 is 44.3 Å². The molecule has 3 aromatic rings. The number of H-pyrrole nitrogens is 1. The summed E-state index contributed by atoms with van der Waals surface area (Å²) < 4.78 is 26.0. The molecule has 0 bridgehead atoms. The van der Waals surface area contributed by atoms with Crippen LogP contribution in [-0.2, 0) is 16.6 Å². The maximum atomic E-state index is 12.6. The first kappa shape index (κ1) is 18.8. The van der Waals surface area contributed by atoms with Crippen LogP contribution in [0.25, 0.3) is 11.0 Å². The molecule has 0 aliphatic carbocycles. The van der Waals surface area contributed by atoms with Crippen molar-refractivity contribution in [3.05, 3.63) is 58.9 Å². The van der Waals surface area contributed by atoms with Crippen molar-refractivity contribution < 1.29 is 13.2 Å². The highest BCUT2D eigenvalue weighted by Crippen LogP contribution is 2.31. The highest BCUT2D eigenvalue weighted by atomic mass is 35.5. The van der Waals surface area contributed by atoms with Gasteiger partial charge in [-0.05, 0) is 43.2 Å². The molecule has 1 aliphatic heterocycles. The number of sulfonamides is 1. The smallest absolute Gasteiger partial charge is 0.251 e. The second-order valence-electron chi connectivity index (χ2n) is 6.64. The summed E-state index contributed by atoms with van der Waals surface area (Å²) in [6.07, 6.45) is 1.40. The normalized spacial score (nSPS) is 16.2. The Kier molecular flexibility index (Phi) is 4.99. The van der Waals surface area contributed by atoms with E-state index in [1.54, 1.807) is 12.1 Å². The first-order valence-electron chi connectivity index (χ1n) is 8.96. The van der Waals surface area contributed by atoms with Crippen LogP contribution in [0.4, 0.5) is 5.69 Å². The number of anilines is 1. The topological polar surface area (TPSA) is 95.2 Å². The van der Waals surface area contributed by atoms with Crippen LogP contribution in [0.15, 0.2) is 42.5 Å². The lowest BCUT2D eigenvalue weighted by molar-refractivity contribution is 0.0950. The summed E-state index contributed by atoms with van der Waals surface area (Å²) >= 11 is 6.23. The fourth-order valence-corrected chi connectivity index (χ4v) is 5.18. The SMILES string of the molecule is O=C(NCc1nc2ccccc2[nH]1)c1ccc(Cl)c(N2CCCCS2(=O)=O)c1. The molecule has 1 aliphatic rings. The molecule has 0 atom stereocenters. The van der Waals surface area contributed by atoms with Crippen molar-refractivity contribution in [2.45, 2.75) is 19.4 Å². The van der Waals surface area contributed by atoms with Gasteiger partial charge in [0.2, 0.25) is 10.0 Å². The van der Waals surface area contributed by atoms with Crippen LogP contribution in [0, 0.1) is 0 Å². The van der Waals surface area contributed by atoms with Gasteiger partial charge in [-0.2, -0.15) is 0 Å². The van der Waals surface area contributed by atoms with Gasteiger partial charge in [-0.15, -0.1) is 0 Å². The minimum atomic E-state index is -3.41. The van der Waals surface area contributed by atoms with Crippen LogP contribution >= 0.6 is 11.6 Å². The molecule has 2 aromatic carbocycles. The number of nitrogens with zero attached hydrogens (tertiary/aromatic N) is 2. The number of amides is 1. The molecule has 146 valence electrons. The molecule has 7 nitrogen and oxygen atoms in total. The van der Waals surface area contributed by atoms with Crippen LogP contribution in [-0.4, -0.2) is 36.6 Å². The Balaban J connectivity index is 1.53. The second kappa shape index (κ2) is 7.44. The zero-order valence-electron chi connectivity index (χ0n) is 15.0. The first-order chi connectivity index (χ1) is 13.4. The Morgan fingerprint density at radius 1 is 1.21 bits per heavy atom. The standard InChI is InChI=1S/C19H19ClN4O3S/c20-14-8-7-13(11-17(14)24-9-3-4-10-28(24,26)27)19(25)21-12-18-22-15-5-1-2-6-16(15)23-18/h1-2,5-8,11H,3-4,9-10,12H2,(H,21,25)(H,22,23). The number of benzene rings is 2. The van der Waals surface area contributed by atoms with Gasteiger partial charge in [0.15, 0.2) is 0 Å². The van der Waals surface area contributed by atoms with Gasteiger partial charge in [-0.1, -0.05) is 23.7 Å². The molecule has 0 radical (unpaired) electrons. The quantitative estimate of drug-likeness (QED) is 0.680. The number of nitrogens with one attached hydrogen (secondary N) is 2. The second-order valence-corrected chi connectivity index (χ2v) is 9.06. The zero-order chi connectivity index (χ0) is 19.7. The minimum absolute atomic E-state index is 0.0891. The fraction of sp³-hybridized carbons (Fsp3) is 0.263. The third-order valence-corrected chi connectivity index (χ3v) is 6.86. The van der Waals surface area contributed by atoms with E-state index in [4.69, 9.17) is 11.6 Å². The summed E-state index contributed by atoms with van der Waals surface area (Å²) in [6.45, 7) is 0.597. The van der Waals surface area contributed by atoms with E-state index < -0.39 is 10.0 Å². The largest absolute Gasteiger partial charge is 0.345 e. The van der Waals surface area contributed by atoms with Gasteiger partial charge in [0.05, 0.1) is 34.0 Å². The van der Waals surface area contributed by atoms with Crippen LogP contribution in [0.1, 0.15) is 29.0 Å². The Bertz CT molecular complexity index is 1110. The van der Waals surface area contributed by atoms with E-state index in [9.17, 15) is 13.2 Å². The van der Waals surface area contributed by atoms with Crippen molar-refractivity contribution in [1.29, 1.82) is 0 Å². The van der Waals surface area contributed by atoms with Crippen molar-refractivity contribution in [3.8, 4) is 0 Å². The predicted molar refractivity (Wildman–Crippen MR) is 109 cm³/mol. The first-order valence-corrected chi connectivity index (χ1v) is 10.9. The average molecular weight is 419 g/mol. The van der Waals surface area contributed by atoms with Gasteiger partial charge in [-0.25, -0.2) is 13.4 Å². The van der Waals surface area contributed by atoms with E-state index >= 15 is 0 Å². The molecule has 2 N–H and O–H groups in total. The Labute approximate surface area is 167 Å². The molecule has 4 rings (SSSR count). The van der Waals surface area contributed by atoms with E-state index in [0.29, 0.717) is 35.1 Å². The van der Waals surface area contributed by atoms with E-state index in [-0.39, 0.29) is 18.2 Å². The molecular formula is C19H19ClN4O3S. The fourth-order valence-electron chi connectivity index (χ4n) is 3.26. The van der Waals surface area contributed by atoms with Gasteiger partial charge in [-0.3, -0.25) is 9.10 Å². The summed E-state index contributed by atoms with van der Waals surface area (Å²) in [6, 6.07) is 12.3. The lowest BCUT2D eigenvalue weighted by Crippen LogP contribution is -2.38. The highest BCUT2D eigenvalue weighted by molar-refractivity contribution is 7.92. The van der Waals surface area contributed by atoms with Gasteiger partial charge in [0, 0.05) is 12.1 Å². The third kappa shape index (κ3) is 3.70. The number of para-hydroxylation sites is 2. The number of aromatic nitrogens is 2. The zero-order valence-corrected chi connectivity index (χ0v) is 16.6. The average Bonchev–Trinajstić information content (AvgIpc) is 3.09. The number of carbonyl (C=O) groups is 1. The molecule has 9 heteroatoms. The maximum absolute atomic E-state index is 12.6. The number of carbonyl (C=O) groups excluding carboxylic acids is 1. The van der Waals surface area contributed by atoms with Gasteiger partial charge in [0.1, 0.15) is 5.82 Å². The van der Waals surface area contributed by atoms with E-state index in [0.717, 1.165) is 17.5 Å². The predicted octanol–water partition coefficient (Wildman–Crippen LogP) is 3.08. The number of imidazole rings is 1. The van der Waals surface area contributed by atoms with Crippen molar-refractivity contribution in [2.24, 2.45) is 0 Å². The molecule has 28 heavy (non-hydrogen) atoms. The van der Waals surface area contributed by atoms with E-state index in [1.807, 2.05) is 24.3 Å². The van der Waals surface area contributed by atoms with Crippen molar-refractivity contribution in [2.75, 3.05) is 16.6 Å². The van der Waals surface area contributed by atoms with Crippen LogP contribution < -0.4 is 9.62 Å². The van der Waals surface area contributed by atoms with Gasteiger partial charge < -0.3 is 10.3 Å². The van der Waals surface area contributed by atoms with Gasteiger partial charge >= 0.3 is 0 Å². The number of hydrogen-bond donors (Lipinski definition) is 2. The third-order valence-electron chi connectivity index (χ3n) is 4.68. The van der Waals surface area contributed by atoms with Crippen molar-refractivity contribution in [3.63, 3.8) is 0 Å². The summed E-state index contributed by atoms with van der Waals surface area (Å²) in [4.78, 5) is 20.2. The minimum Gasteiger partial charge on any atom is -0.345 e. The monoisotopic (exact) mass is 418 g/mol. The molecular weight excluding hydrogens is 400 g/mol. The molecule has 0 spiro atoms. The van der Waals surface area contributed by atoms with Crippen LogP contribution in [0.3, 0.4) is 0 Å². The number of aromatic amines is 1. The van der Waals surface area contributed by atoms with Crippen LogP contribution in [0.2, 0.25) is 5.02 Å². The molecule has 0 saturated carbocycles. The Morgan fingerprint density at radius 3 is 2.82 bits per heavy atom. The summed E-state index contributed by atoms with van der Waals surface area (Å²) in [7, 11) is -3.41. The van der Waals surface area contributed by atoms with Crippen LogP contribution in [0.5, 0.6) is 0 Å². The maximum Gasteiger partial charge on any atom is 0.251 e. The van der Waals surface area contributed by atoms with Crippen molar-refractivity contribution in [1.82, 2.24) is 15.3 Å². The Morgan fingerprint density at radius 2 is 2.04 bits per heavy atom. The van der Waals surface area contributed by atoms with Gasteiger partial charge in [0.25, 0.3) is 5.91 Å². The molecule has 1 amide bonds. The number of halogens is 1. The van der Waals surface area contributed by atoms with E-state index in [1.165, 1.54) is 10.4 Å². The lowest BCUT2D eigenvalue weighted by Gasteiger charge is -2.29. The summed E-state index contributed by atoms with van der Waals surface area (Å²) in [5.74, 6) is 0.404. The Hall–Kier alpha value is -2.58. The molecule has 2 heterocycles. The molecule has 1 aromatic heterocycles. The highest BCUT2D eigenvalue weighted by Gasteiger charge is 2.28. The summed E-state index contributed by atoms with van der Waals surface area (Å²) in [5, 5.41) is 3.11. The number of hydrogen-bond acceptors (Lipinski definition) is 4. The lowest BCUT2D eigenvalue weighted by atomic mass is 10.1. The summed E-state index contributed by atoms with van der Waals surface area (Å²) in [5.41, 5.74) is 2.42. The number of rotatable bonds is 4. The molecule has 1 fully saturated rings. The molecule has 0 unspecified atom stereocenters. The number of fused-ring (bicyclic) bond motifs is 1. The molecule has 1 saturated heterocycles.